The number of benzene rings is 2. The summed E-state index contributed by atoms with van der Waals surface area (Å²) in [4.78, 5) is 0. The van der Waals surface area contributed by atoms with Crippen LogP contribution in [-0.4, -0.2) is 5.11 Å². The van der Waals surface area contributed by atoms with Crippen LogP contribution in [0.5, 0.6) is 5.75 Å². The van der Waals surface area contributed by atoms with Gasteiger partial charge < -0.3 is 5.11 Å². The first-order valence-electron chi connectivity index (χ1n) is 5.70. The monoisotopic (exact) mass is 210 g/mol. The number of rotatable bonds is 0. The Morgan fingerprint density at radius 1 is 0.750 bits per heavy atom. The van der Waals surface area contributed by atoms with Crippen LogP contribution in [0.4, 0.5) is 0 Å². The number of aryl methyl sites for hydroxylation is 2. The third-order valence-corrected chi connectivity index (χ3v) is 3.35. The summed E-state index contributed by atoms with van der Waals surface area (Å²) in [6.45, 7) is 0. The van der Waals surface area contributed by atoms with Crippen LogP contribution in [0, 0.1) is 0 Å². The highest BCUT2D eigenvalue weighted by atomic mass is 16.3. The van der Waals surface area contributed by atoms with Gasteiger partial charge in [-0.25, -0.2) is 0 Å². The Balaban J connectivity index is 2.10. The van der Waals surface area contributed by atoms with Crippen LogP contribution < -0.4 is 0 Å². The molecule has 0 spiro atoms. The van der Waals surface area contributed by atoms with Crippen molar-refractivity contribution in [2.24, 2.45) is 0 Å². The maximum absolute atomic E-state index is 9.53. The van der Waals surface area contributed by atoms with Crippen LogP contribution >= 0.6 is 0 Å². The van der Waals surface area contributed by atoms with Gasteiger partial charge in [-0.05, 0) is 53.6 Å². The van der Waals surface area contributed by atoms with E-state index in [-0.39, 0.29) is 0 Å². The van der Waals surface area contributed by atoms with Crippen molar-refractivity contribution in [1.29, 1.82) is 0 Å². The lowest BCUT2D eigenvalue weighted by Gasteiger charge is -2.06. The molecule has 3 rings (SSSR count). The minimum atomic E-state index is 0.373. The zero-order valence-electron chi connectivity index (χ0n) is 9.11. The molecule has 1 heteroatoms. The smallest absolute Gasteiger partial charge is 0.115 e. The van der Waals surface area contributed by atoms with E-state index in [4.69, 9.17) is 0 Å². The predicted octanol–water partition coefficient (Wildman–Crippen LogP) is 3.08. The molecule has 1 aliphatic carbocycles. The number of fused-ring (bicyclic) bond motifs is 2. The number of phenolic OH excluding ortho intramolecular Hbond substituents is 1. The minimum absolute atomic E-state index is 0.373. The van der Waals surface area contributed by atoms with Gasteiger partial charge in [-0.15, -0.1) is 0 Å². The first-order chi connectivity index (χ1) is 7.83. The number of aromatic hydroxyl groups is 1. The minimum Gasteiger partial charge on any atom is -0.508 e. The molecule has 2 aromatic carbocycles. The van der Waals surface area contributed by atoms with E-state index in [2.05, 4.69) is 30.3 Å². The summed E-state index contributed by atoms with van der Waals surface area (Å²) in [6, 6.07) is 14.3. The SMILES string of the molecule is Oc1ccc2c(c1)Cc1ccccc1CC2. The Hall–Kier alpha value is -1.76. The van der Waals surface area contributed by atoms with Crippen molar-refractivity contribution in [2.75, 3.05) is 0 Å². The Morgan fingerprint density at radius 2 is 1.44 bits per heavy atom. The molecule has 0 amide bonds. The van der Waals surface area contributed by atoms with Crippen LogP contribution in [0.3, 0.4) is 0 Å². The second-order valence-corrected chi connectivity index (χ2v) is 4.40. The van der Waals surface area contributed by atoms with E-state index in [1.165, 1.54) is 22.3 Å². The summed E-state index contributed by atoms with van der Waals surface area (Å²) in [5.41, 5.74) is 5.48. The molecular formula is C15H14O. The normalized spacial score (nSPS) is 13.8. The highest BCUT2D eigenvalue weighted by Crippen LogP contribution is 2.26. The molecule has 80 valence electrons. The lowest BCUT2D eigenvalue weighted by atomic mass is 10.0. The average Bonchev–Trinajstić information content (AvgIpc) is 2.47. The van der Waals surface area contributed by atoms with E-state index in [1.807, 2.05) is 6.07 Å². The van der Waals surface area contributed by atoms with Gasteiger partial charge in [0.15, 0.2) is 0 Å². The Kier molecular flexibility index (Phi) is 2.17. The van der Waals surface area contributed by atoms with Gasteiger partial charge >= 0.3 is 0 Å². The van der Waals surface area contributed by atoms with Crippen molar-refractivity contribution in [2.45, 2.75) is 19.3 Å². The lowest BCUT2D eigenvalue weighted by Crippen LogP contribution is -1.91. The predicted molar refractivity (Wildman–Crippen MR) is 64.8 cm³/mol. The molecule has 0 aromatic heterocycles. The zero-order chi connectivity index (χ0) is 11.0. The lowest BCUT2D eigenvalue weighted by molar-refractivity contribution is 0.474. The molecule has 0 saturated carbocycles. The van der Waals surface area contributed by atoms with Gasteiger partial charge in [0.25, 0.3) is 0 Å². The molecule has 1 nitrogen and oxygen atoms in total. The maximum Gasteiger partial charge on any atom is 0.115 e. The van der Waals surface area contributed by atoms with Crippen molar-refractivity contribution < 1.29 is 5.11 Å². The van der Waals surface area contributed by atoms with Crippen LogP contribution in [0.15, 0.2) is 42.5 Å². The molecule has 1 aliphatic rings. The highest BCUT2D eigenvalue weighted by Gasteiger charge is 2.12. The molecule has 0 fully saturated rings. The molecule has 1 N–H and O–H groups in total. The molecule has 0 saturated heterocycles. The number of phenols is 1. The third-order valence-electron chi connectivity index (χ3n) is 3.35. The fourth-order valence-corrected chi connectivity index (χ4v) is 2.47. The third kappa shape index (κ3) is 1.58. The van der Waals surface area contributed by atoms with Gasteiger partial charge in [0, 0.05) is 0 Å². The fraction of sp³-hybridized carbons (Fsp3) is 0.200. The van der Waals surface area contributed by atoms with Gasteiger partial charge in [-0.2, -0.15) is 0 Å². The van der Waals surface area contributed by atoms with E-state index >= 15 is 0 Å². The van der Waals surface area contributed by atoms with Crippen molar-refractivity contribution in [3.8, 4) is 5.75 Å². The first kappa shape index (κ1) is 9.46. The molecule has 0 bridgehead atoms. The average molecular weight is 210 g/mol. The van der Waals surface area contributed by atoms with Crippen molar-refractivity contribution in [3.63, 3.8) is 0 Å². The Bertz CT molecular complexity index is 529. The van der Waals surface area contributed by atoms with Gasteiger partial charge in [0.1, 0.15) is 5.75 Å². The topological polar surface area (TPSA) is 20.2 Å². The molecule has 2 aromatic rings. The van der Waals surface area contributed by atoms with Crippen molar-refractivity contribution in [1.82, 2.24) is 0 Å². The molecular weight excluding hydrogens is 196 g/mol. The summed E-state index contributed by atoms with van der Waals surface area (Å²) in [5.74, 6) is 0.373. The van der Waals surface area contributed by atoms with E-state index in [0.717, 1.165) is 19.3 Å². The summed E-state index contributed by atoms with van der Waals surface area (Å²) in [5, 5.41) is 9.53. The van der Waals surface area contributed by atoms with Crippen LogP contribution in [0.1, 0.15) is 22.3 Å². The van der Waals surface area contributed by atoms with Crippen LogP contribution in [0.25, 0.3) is 0 Å². The summed E-state index contributed by atoms with van der Waals surface area (Å²) in [7, 11) is 0. The Morgan fingerprint density at radius 3 is 2.25 bits per heavy atom. The quantitative estimate of drug-likeness (QED) is 0.708. The molecule has 0 aliphatic heterocycles. The van der Waals surface area contributed by atoms with Crippen LogP contribution in [0.2, 0.25) is 0 Å². The fourth-order valence-electron chi connectivity index (χ4n) is 2.47. The highest BCUT2D eigenvalue weighted by molar-refractivity contribution is 5.43. The summed E-state index contributed by atoms with van der Waals surface area (Å²) < 4.78 is 0. The van der Waals surface area contributed by atoms with E-state index < -0.39 is 0 Å². The molecule has 16 heavy (non-hydrogen) atoms. The van der Waals surface area contributed by atoms with E-state index in [0.29, 0.717) is 5.75 Å². The summed E-state index contributed by atoms with van der Waals surface area (Å²) >= 11 is 0. The second kappa shape index (κ2) is 3.67. The van der Waals surface area contributed by atoms with Crippen molar-refractivity contribution >= 4 is 0 Å². The maximum atomic E-state index is 9.53. The van der Waals surface area contributed by atoms with E-state index in [9.17, 15) is 5.11 Å². The van der Waals surface area contributed by atoms with Gasteiger partial charge in [-0.1, -0.05) is 30.3 Å². The molecule has 0 radical (unpaired) electrons. The van der Waals surface area contributed by atoms with E-state index in [1.54, 1.807) is 6.07 Å². The zero-order valence-corrected chi connectivity index (χ0v) is 9.11. The summed E-state index contributed by atoms with van der Waals surface area (Å²) in [6.07, 6.45) is 3.13. The number of hydrogen-bond acceptors (Lipinski definition) is 1. The number of hydrogen-bond donors (Lipinski definition) is 1. The van der Waals surface area contributed by atoms with Gasteiger partial charge in [0.2, 0.25) is 0 Å². The van der Waals surface area contributed by atoms with Crippen LogP contribution in [-0.2, 0) is 19.3 Å². The molecule has 0 atom stereocenters. The molecule has 0 heterocycles. The van der Waals surface area contributed by atoms with Gasteiger partial charge in [0.05, 0.1) is 0 Å². The second-order valence-electron chi connectivity index (χ2n) is 4.40. The Labute approximate surface area is 95.4 Å². The van der Waals surface area contributed by atoms with Crippen molar-refractivity contribution in [3.05, 3.63) is 64.7 Å². The largest absolute Gasteiger partial charge is 0.508 e. The van der Waals surface area contributed by atoms with Gasteiger partial charge in [-0.3, -0.25) is 0 Å². The molecule has 0 unspecified atom stereocenters. The standard InChI is InChI=1S/C15H14O/c16-15-8-7-12-6-5-11-3-1-2-4-13(11)9-14(12)10-15/h1-4,7-8,10,16H,5-6,9H2. The first-order valence-corrected chi connectivity index (χ1v) is 5.70.